The van der Waals surface area contributed by atoms with Crippen LogP contribution in [0.25, 0.3) is 0 Å². The molecule has 0 aliphatic heterocycles. The molecule has 0 atom stereocenters. The lowest BCUT2D eigenvalue weighted by molar-refractivity contribution is -0.120. The van der Waals surface area contributed by atoms with Gasteiger partial charge in [-0.25, -0.2) is 4.98 Å². The maximum atomic E-state index is 11.6. The van der Waals surface area contributed by atoms with E-state index in [0.717, 1.165) is 12.1 Å². The molecule has 0 saturated heterocycles. The number of amides is 1. The number of nitrogens with two attached hydrogens (primary N) is 1. The molecule has 20 heavy (non-hydrogen) atoms. The van der Waals surface area contributed by atoms with Crippen LogP contribution in [-0.4, -0.2) is 24.1 Å². The van der Waals surface area contributed by atoms with Gasteiger partial charge in [-0.15, -0.1) is 11.3 Å². The molecule has 6 heteroatoms. The number of anilines is 2. The molecular weight excluding hydrogens is 274 g/mol. The number of benzene rings is 1. The number of thiazole rings is 1. The second-order valence-corrected chi connectivity index (χ2v) is 5.27. The van der Waals surface area contributed by atoms with Gasteiger partial charge >= 0.3 is 0 Å². The van der Waals surface area contributed by atoms with Crippen LogP contribution in [0, 0.1) is 6.92 Å². The van der Waals surface area contributed by atoms with E-state index in [1.54, 1.807) is 35.6 Å². The van der Waals surface area contributed by atoms with Gasteiger partial charge in [-0.2, -0.15) is 0 Å². The van der Waals surface area contributed by atoms with Gasteiger partial charge in [-0.05, 0) is 31.2 Å². The topological polar surface area (TPSA) is 77.2 Å². The van der Waals surface area contributed by atoms with E-state index in [2.05, 4.69) is 10.3 Å². The van der Waals surface area contributed by atoms with Crippen LogP contribution in [0.5, 0.6) is 0 Å². The molecule has 1 amide bonds. The monoisotopic (exact) mass is 291 g/mol. The minimum absolute atomic E-state index is 0.0439. The number of nitrogens with zero attached hydrogens (tertiary/aromatic N) is 1. The second-order valence-electron chi connectivity index (χ2n) is 4.33. The van der Waals surface area contributed by atoms with Crippen molar-refractivity contribution in [3.63, 3.8) is 0 Å². The third-order valence-corrected chi connectivity index (χ3v) is 3.74. The van der Waals surface area contributed by atoms with Crippen molar-refractivity contribution >= 4 is 28.6 Å². The Morgan fingerprint density at radius 1 is 1.40 bits per heavy atom. The molecule has 0 unspecified atom stereocenters. The van der Waals surface area contributed by atoms with Crippen molar-refractivity contribution in [2.75, 3.05) is 24.3 Å². The number of hydrogen-bond donors (Lipinski definition) is 2. The molecule has 0 spiro atoms. The first-order valence-electron chi connectivity index (χ1n) is 6.27. The Bertz CT molecular complexity index is 566. The molecule has 5 nitrogen and oxygen atoms in total. The lowest BCUT2D eigenvalue weighted by Crippen LogP contribution is -2.19. The Kier molecular flexibility index (Phi) is 5.09. The summed E-state index contributed by atoms with van der Waals surface area (Å²) >= 11 is 1.61. The highest BCUT2D eigenvalue weighted by Crippen LogP contribution is 2.13. The fourth-order valence-electron chi connectivity index (χ4n) is 1.66. The van der Waals surface area contributed by atoms with Crippen LogP contribution in [0.3, 0.4) is 0 Å². The van der Waals surface area contributed by atoms with Gasteiger partial charge in [0.25, 0.3) is 0 Å². The van der Waals surface area contributed by atoms with Gasteiger partial charge in [0.15, 0.2) is 0 Å². The first-order chi connectivity index (χ1) is 9.65. The van der Waals surface area contributed by atoms with Crippen molar-refractivity contribution in [3.05, 3.63) is 40.3 Å². The molecule has 3 N–H and O–H groups in total. The summed E-state index contributed by atoms with van der Waals surface area (Å²) in [7, 11) is 0. The van der Waals surface area contributed by atoms with Crippen LogP contribution in [-0.2, 0) is 16.0 Å². The van der Waals surface area contributed by atoms with Crippen molar-refractivity contribution in [1.29, 1.82) is 0 Å². The van der Waals surface area contributed by atoms with Crippen LogP contribution in [0.1, 0.15) is 10.6 Å². The summed E-state index contributed by atoms with van der Waals surface area (Å²) in [6, 6.07) is 6.99. The number of rotatable bonds is 6. The first kappa shape index (κ1) is 14.5. The van der Waals surface area contributed by atoms with Crippen molar-refractivity contribution in [1.82, 2.24) is 4.98 Å². The number of carbonyl (C=O) groups is 1. The van der Waals surface area contributed by atoms with E-state index >= 15 is 0 Å². The zero-order valence-corrected chi connectivity index (χ0v) is 12.1. The van der Waals surface area contributed by atoms with Gasteiger partial charge in [0.1, 0.15) is 6.61 Å². The summed E-state index contributed by atoms with van der Waals surface area (Å²) in [4.78, 5) is 17.0. The molecule has 0 aliphatic rings. The number of carbonyl (C=O) groups excluding carboxylic acids is 1. The normalized spacial score (nSPS) is 10.4. The Morgan fingerprint density at radius 3 is 2.80 bits per heavy atom. The SMILES string of the molecule is Cc1ncsc1CCOCC(=O)Nc1ccc(N)cc1. The Morgan fingerprint density at radius 2 is 2.15 bits per heavy atom. The van der Waals surface area contributed by atoms with E-state index in [1.165, 1.54) is 4.88 Å². The van der Waals surface area contributed by atoms with E-state index in [0.29, 0.717) is 18.0 Å². The first-order valence-corrected chi connectivity index (χ1v) is 7.15. The van der Waals surface area contributed by atoms with Crippen molar-refractivity contribution in [2.45, 2.75) is 13.3 Å². The quantitative estimate of drug-likeness (QED) is 0.632. The summed E-state index contributed by atoms with van der Waals surface area (Å²) < 4.78 is 5.36. The van der Waals surface area contributed by atoms with Gasteiger partial charge in [0.05, 0.1) is 17.8 Å². The lowest BCUT2D eigenvalue weighted by Gasteiger charge is -2.06. The smallest absolute Gasteiger partial charge is 0.250 e. The third kappa shape index (κ3) is 4.32. The maximum Gasteiger partial charge on any atom is 0.250 e. The summed E-state index contributed by atoms with van der Waals surface area (Å²) in [5, 5.41) is 2.74. The fourth-order valence-corrected chi connectivity index (χ4v) is 2.42. The number of nitrogen functional groups attached to an aromatic ring is 1. The standard InChI is InChI=1S/C14H17N3O2S/c1-10-13(20-9-16-10)6-7-19-8-14(18)17-12-4-2-11(15)3-5-12/h2-5,9H,6-8,15H2,1H3,(H,17,18). The highest BCUT2D eigenvalue weighted by atomic mass is 32.1. The molecule has 1 aromatic heterocycles. The number of nitrogens with one attached hydrogen (secondary N) is 1. The second kappa shape index (κ2) is 7.02. The highest BCUT2D eigenvalue weighted by Gasteiger charge is 2.04. The molecule has 0 fully saturated rings. The zero-order valence-electron chi connectivity index (χ0n) is 11.3. The molecule has 0 aliphatic carbocycles. The van der Waals surface area contributed by atoms with Crippen LogP contribution < -0.4 is 11.1 Å². The minimum atomic E-state index is -0.171. The molecule has 2 aromatic rings. The van der Waals surface area contributed by atoms with E-state index in [9.17, 15) is 4.79 Å². The van der Waals surface area contributed by atoms with Crippen LogP contribution in [0.2, 0.25) is 0 Å². The molecule has 1 heterocycles. The lowest BCUT2D eigenvalue weighted by atomic mass is 10.3. The van der Waals surface area contributed by atoms with E-state index < -0.39 is 0 Å². The predicted octanol–water partition coefficient (Wildman–Crippen LogP) is 2.23. The number of aromatic nitrogens is 1. The largest absolute Gasteiger partial charge is 0.399 e. The van der Waals surface area contributed by atoms with Gasteiger partial charge in [-0.3, -0.25) is 4.79 Å². The van der Waals surface area contributed by atoms with E-state index in [-0.39, 0.29) is 12.5 Å². The van der Waals surface area contributed by atoms with Crippen LogP contribution in [0.15, 0.2) is 29.8 Å². The average molecular weight is 291 g/mol. The molecule has 0 saturated carbocycles. The summed E-state index contributed by atoms with van der Waals surface area (Å²) in [6.07, 6.45) is 0.783. The van der Waals surface area contributed by atoms with E-state index in [1.807, 2.05) is 12.4 Å². The Balaban J connectivity index is 1.68. The summed E-state index contributed by atoms with van der Waals surface area (Å²) in [6.45, 7) is 2.53. The zero-order chi connectivity index (χ0) is 14.4. The minimum Gasteiger partial charge on any atom is -0.399 e. The number of ether oxygens (including phenoxy) is 1. The summed E-state index contributed by atoms with van der Waals surface area (Å²) in [5.74, 6) is -0.171. The molecule has 2 rings (SSSR count). The van der Waals surface area contributed by atoms with Gasteiger partial charge in [-0.1, -0.05) is 0 Å². The highest BCUT2D eigenvalue weighted by molar-refractivity contribution is 7.09. The van der Waals surface area contributed by atoms with Crippen LogP contribution in [0.4, 0.5) is 11.4 Å². The predicted molar refractivity (Wildman–Crippen MR) is 80.9 cm³/mol. The molecule has 106 valence electrons. The van der Waals surface area contributed by atoms with Gasteiger partial charge < -0.3 is 15.8 Å². The Labute approximate surface area is 121 Å². The molecular formula is C14H17N3O2S. The number of hydrogen-bond acceptors (Lipinski definition) is 5. The van der Waals surface area contributed by atoms with Crippen molar-refractivity contribution in [3.8, 4) is 0 Å². The van der Waals surface area contributed by atoms with Crippen molar-refractivity contribution in [2.24, 2.45) is 0 Å². The molecule has 0 bridgehead atoms. The summed E-state index contributed by atoms with van der Waals surface area (Å²) in [5.41, 5.74) is 9.80. The van der Waals surface area contributed by atoms with E-state index in [4.69, 9.17) is 10.5 Å². The third-order valence-electron chi connectivity index (χ3n) is 2.75. The van der Waals surface area contributed by atoms with Gasteiger partial charge in [0.2, 0.25) is 5.91 Å². The maximum absolute atomic E-state index is 11.6. The van der Waals surface area contributed by atoms with Gasteiger partial charge in [0, 0.05) is 22.7 Å². The molecule has 0 radical (unpaired) electrons. The molecule has 1 aromatic carbocycles. The fraction of sp³-hybridized carbons (Fsp3) is 0.286. The Hall–Kier alpha value is -1.92. The number of aryl methyl sites for hydroxylation is 1. The average Bonchev–Trinajstić information content (AvgIpc) is 2.83. The van der Waals surface area contributed by atoms with Crippen molar-refractivity contribution < 1.29 is 9.53 Å². The van der Waals surface area contributed by atoms with Crippen LogP contribution >= 0.6 is 11.3 Å².